The third-order valence-electron chi connectivity index (χ3n) is 2.72. The largest absolute Gasteiger partial charge is 0.466 e. The van der Waals surface area contributed by atoms with E-state index in [1.165, 1.54) is 12.5 Å². The van der Waals surface area contributed by atoms with Gasteiger partial charge in [-0.2, -0.15) is 0 Å². The second-order valence-corrected chi connectivity index (χ2v) is 4.39. The molecule has 0 aromatic heterocycles. The Bertz CT molecular complexity index is 358. The molecule has 1 aromatic rings. The summed E-state index contributed by atoms with van der Waals surface area (Å²) in [5, 5.41) is 0.760. The summed E-state index contributed by atoms with van der Waals surface area (Å²) in [5.74, 6) is 0.841. The first-order valence-electron chi connectivity index (χ1n) is 5.05. The zero-order chi connectivity index (χ0) is 10.8. The predicted molar refractivity (Wildman–Crippen MR) is 58.9 cm³/mol. The number of esters is 1. The number of ether oxygens (including phenoxy) is 1. The molecule has 0 amide bonds. The number of halogens is 1. The van der Waals surface area contributed by atoms with Crippen LogP contribution in [0.2, 0.25) is 5.02 Å². The van der Waals surface area contributed by atoms with Crippen LogP contribution >= 0.6 is 11.6 Å². The van der Waals surface area contributed by atoms with E-state index in [2.05, 4.69) is 0 Å². The van der Waals surface area contributed by atoms with Gasteiger partial charge in [0.1, 0.15) is 0 Å². The molecule has 1 aliphatic carbocycles. The summed E-state index contributed by atoms with van der Waals surface area (Å²) in [4.78, 5) is 10.6. The van der Waals surface area contributed by atoms with E-state index in [9.17, 15) is 4.79 Å². The lowest BCUT2D eigenvalue weighted by Crippen LogP contribution is -2.02. The smallest absolute Gasteiger partial charge is 0.302 e. The first-order chi connectivity index (χ1) is 7.16. The normalized spacial score (nSPS) is 23.6. The molecule has 0 unspecified atom stereocenters. The molecule has 0 aliphatic heterocycles. The summed E-state index contributed by atoms with van der Waals surface area (Å²) in [5.41, 5.74) is 1.29. The van der Waals surface area contributed by atoms with Crippen molar-refractivity contribution in [3.8, 4) is 0 Å². The Hall–Kier alpha value is -1.02. The number of hydrogen-bond acceptors (Lipinski definition) is 2. The van der Waals surface area contributed by atoms with Gasteiger partial charge in [-0.1, -0.05) is 23.7 Å². The molecule has 1 fully saturated rings. The van der Waals surface area contributed by atoms with E-state index >= 15 is 0 Å². The molecule has 0 bridgehead atoms. The maximum absolute atomic E-state index is 10.6. The average molecular weight is 225 g/mol. The number of benzene rings is 1. The van der Waals surface area contributed by atoms with Crippen molar-refractivity contribution in [1.29, 1.82) is 0 Å². The van der Waals surface area contributed by atoms with Crippen molar-refractivity contribution in [3.63, 3.8) is 0 Å². The Morgan fingerprint density at radius 2 is 2.13 bits per heavy atom. The summed E-state index contributed by atoms with van der Waals surface area (Å²) < 4.78 is 4.98. The lowest BCUT2D eigenvalue weighted by Gasteiger charge is -2.01. The molecule has 15 heavy (non-hydrogen) atoms. The fourth-order valence-corrected chi connectivity index (χ4v) is 1.90. The van der Waals surface area contributed by atoms with Gasteiger partial charge in [-0.05, 0) is 30.0 Å². The molecule has 0 saturated heterocycles. The molecule has 1 aliphatic rings. The molecular formula is C12H13ClO2. The van der Waals surface area contributed by atoms with Gasteiger partial charge in [0, 0.05) is 17.9 Å². The molecule has 1 saturated carbocycles. The SMILES string of the molecule is CC(=O)OC[C@@H]1C[C@H]1c1ccc(Cl)cc1. The number of carbonyl (C=O) groups excluding carboxylic acids is 1. The van der Waals surface area contributed by atoms with E-state index in [1.807, 2.05) is 24.3 Å². The third kappa shape index (κ3) is 2.72. The van der Waals surface area contributed by atoms with Gasteiger partial charge < -0.3 is 4.74 Å². The van der Waals surface area contributed by atoms with E-state index in [4.69, 9.17) is 16.3 Å². The van der Waals surface area contributed by atoms with Gasteiger partial charge in [0.05, 0.1) is 6.61 Å². The van der Waals surface area contributed by atoms with Gasteiger partial charge in [0.25, 0.3) is 0 Å². The second kappa shape index (κ2) is 4.23. The van der Waals surface area contributed by atoms with E-state index in [0.29, 0.717) is 18.4 Å². The van der Waals surface area contributed by atoms with Crippen LogP contribution in [0, 0.1) is 5.92 Å². The minimum absolute atomic E-state index is 0.197. The van der Waals surface area contributed by atoms with Gasteiger partial charge in [0.2, 0.25) is 0 Å². The van der Waals surface area contributed by atoms with E-state index in [1.54, 1.807) is 0 Å². The number of carbonyl (C=O) groups is 1. The van der Waals surface area contributed by atoms with Crippen LogP contribution in [0.3, 0.4) is 0 Å². The van der Waals surface area contributed by atoms with E-state index in [-0.39, 0.29) is 5.97 Å². The van der Waals surface area contributed by atoms with Gasteiger partial charge in [-0.15, -0.1) is 0 Å². The topological polar surface area (TPSA) is 26.3 Å². The van der Waals surface area contributed by atoms with Gasteiger partial charge in [-0.25, -0.2) is 0 Å². The standard InChI is InChI=1S/C12H13ClO2/c1-8(14)15-7-10-6-12(10)9-2-4-11(13)5-3-9/h2-5,10,12H,6-7H2,1H3/t10-,12-/m0/s1. The lowest BCUT2D eigenvalue weighted by atomic mass is 10.1. The van der Waals surface area contributed by atoms with Crippen molar-refractivity contribution < 1.29 is 9.53 Å². The van der Waals surface area contributed by atoms with Crippen LogP contribution in [0.1, 0.15) is 24.8 Å². The van der Waals surface area contributed by atoms with Crippen LogP contribution in [-0.2, 0) is 9.53 Å². The van der Waals surface area contributed by atoms with E-state index < -0.39 is 0 Å². The highest BCUT2D eigenvalue weighted by molar-refractivity contribution is 6.30. The maximum atomic E-state index is 10.6. The van der Waals surface area contributed by atoms with Crippen LogP contribution < -0.4 is 0 Å². The summed E-state index contributed by atoms with van der Waals surface area (Å²) in [6.07, 6.45) is 1.11. The van der Waals surface area contributed by atoms with Crippen molar-refractivity contribution in [2.75, 3.05) is 6.61 Å². The monoisotopic (exact) mass is 224 g/mol. The minimum atomic E-state index is -0.197. The highest BCUT2D eigenvalue weighted by Gasteiger charge is 2.38. The summed E-state index contributed by atoms with van der Waals surface area (Å²) in [6.45, 7) is 1.99. The van der Waals surface area contributed by atoms with Crippen molar-refractivity contribution >= 4 is 17.6 Å². The molecule has 0 heterocycles. The fourth-order valence-electron chi connectivity index (χ4n) is 1.77. The average Bonchev–Trinajstić information content (AvgIpc) is 2.95. The molecule has 1 aromatic carbocycles. The molecular weight excluding hydrogens is 212 g/mol. The Morgan fingerprint density at radius 1 is 1.47 bits per heavy atom. The first-order valence-corrected chi connectivity index (χ1v) is 5.43. The lowest BCUT2D eigenvalue weighted by molar-refractivity contribution is -0.141. The third-order valence-corrected chi connectivity index (χ3v) is 2.97. The Kier molecular flexibility index (Phi) is 2.96. The first kappa shape index (κ1) is 10.5. The predicted octanol–water partition coefficient (Wildman–Crippen LogP) is 3.01. The van der Waals surface area contributed by atoms with Gasteiger partial charge in [0.15, 0.2) is 0 Å². The molecule has 3 heteroatoms. The minimum Gasteiger partial charge on any atom is -0.466 e. The van der Waals surface area contributed by atoms with Crippen LogP contribution in [0.4, 0.5) is 0 Å². The molecule has 80 valence electrons. The van der Waals surface area contributed by atoms with Crippen LogP contribution in [0.15, 0.2) is 24.3 Å². The van der Waals surface area contributed by atoms with E-state index in [0.717, 1.165) is 11.4 Å². The van der Waals surface area contributed by atoms with Crippen LogP contribution in [0.25, 0.3) is 0 Å². The molecule has 0 radical (unpaired) electrons. The molecule has 2 rings (SSSR count). The maximum Gasteiger partial charge on any atom is 0.302 e. The fraction of sp³-hybridized carbons (Fsp3) is 0.417. The van der Waals surface area contributed by atoms with Crippen molar-refractivity contribution in [3.05, 3.63) is 34.9 Å². The molecule has 0 N–H and O–H groups in total. The summed E-state index contributed by atoms with van der Waals surface area (Å²) in [7, 11) is 0. The molecule has 2 atom stereocenters. The van der Waals surface area contributed by atoms with Gasteiger partial charge in [-0.3, -0.25) is 4.79 Å². The number of rotatable bonds is 3. The summed E-state index contributed by atoms with van der Waals surface area (Å²) >= 11 is 5.81. The second-order valence-electron chi connectivity index (χ2n) is 3.96. The highest BCUT2D eigenvalue weighted by atomic mass is 35.5. The highest BCUT2D eigenvalue weighted by Crippen LogP contribution is 2.47. The zero-order valence-electron chi connectivity index (χ0n) is 8.57. The van der Waals surface area contributed by atoms with Crippen molar-refractivity contribution in [2.45, 2.75) is 19.3 Å². The van der Waals surface area contributed by atoms with Crippen molar-refractivity contribution in [1.82, 2.24) is 0 Å². The van der Waals surface area contributed by atoms with Gasteiger partial charge >= 0.3 is 5.97 Å². The van der Waals surface area contributed by atoms with Crippen LogP contribution in [-0.4, -0.2) is 12.6 Å². The summed E-state index contributed by atoms with van der Waals surface area (Å²) in [6, 6.07) is 7.89. The Morgan fingerprint density at radius 3 is 2.73 bits per heavy atom. The Labute approximate surface area is 94.2 Å². The zero-order valence-corrected chi connectivity index (χ0v) is 9.33. The Balaban J connectivity index is 1.88. The number of hydrogen-bond donors (Lipinski definition) is 0. The van der Waals surface area contributed by atoms with Crippen LogP contribution in [0.5, 0.6) is 0 Å². The quantitative estimate of drug-likeness (QED) is 0.738. The molecule has 0 spiro atoms. The molecule has 2 nitrogen and oxygen atoms in total. The van der Waals surface area contributed by atoms with Crippen molar-refractivity contribution in [2.24, 2.45) is 5.92 Å².